The molecule has 0 fully saturated rings. The molecule has 1 aromatic heterocycles. The van der Waals surface area contributed by atoms with E-state index in [9.17, 15) is 14.7 Å². The van der Waals surface area contributed by atoms with Gasteiger partial charge in [-0.15, -0.1) is 0 Å². The van der Waals surface area contributed by atoms with Crippen LogP contribution in [0.4, 0.5) is 11.5 Å². The lowest BCUT2D eigenvalue weighted by Crippen LogP contribution is -2.26. The van der Waals surface area contributed by atoms with Crippen molar-refractivity contribution in [3.05, 3.63) is 83.2 Å². The van der Waals surface area contributed by atoms with Gasteiger partial charge in [0.2, 0.25) is 0 Å². The number of aromatic nitrogens is 2. The fraction of sp³-hybridized carbons (Fsp3) is 0.174. The summed E-state index contributed by atoms with van der Waals surface area (Å²) in [5.41, 5.74) is 2.55. The molecule has 0 radical (unpaired) electrons. The molecule has 158 valence electrons. The Bertz CT molecular complexity index is 1180. The van der Waals surface area contributed by atoms with Crippen LogP contribution in [0.15, 0.2) is 66.5 Å². The Morgan fingerprint density at radius 3 is 2.68 bits per heavy atom. The predicted octanol–water partition coefficient (Wildman–Crippen LogP) is 3.83. The maximum absolute atomic E-state index is 13.0. The van der Waals surface area contributed by atoms with Gasteiger partial charge in [-0.1, -0.05) is 36.4 Å². The zero-order valence-electron chi connectivity index (χ0n) is 17.1. The summed E-state index contributed by atoms with van der Waals surface area (Å²) in [5, 5.41) is 19.7. The van der Waals surface area contributed by atoms with Gasteiger partial charge in [-0.3, -0.25) is 4.79 Å². The van der Waals surface area contributed by atoms with Crippen LogP contribution in [-0.2, 0) is 4.79 Å². The van der Waals surface area contributed by atoms with E-state index < -0.39 is 12.0 Å². The molecule has 1 aliphatic heterocycles. The number of hydrogen-bond donors (Lipinski definition) is 3. The standard InChI is InChI=1S/C23H22N4O4/c1-3-31-20-11-7-5-9-15(20)19-12-18(23(29)30)25-21-16(13-24-27(19)21)22(28)26-17-10-6-4-8-14(17)2/h4-13,19,25H,3H2,1-2H3,(H,26,28)(H,29,30)/t19-/m0/s1. The smallest absolute Gasteiger partial charge is 0.352 e. The zero-order valence-corrected chi connectivity index (χ0v) is 17.1. The first-order valence-corrected chi connectivity index (χ1v) is 9.88. The lowest BCUT2D eigenvalue weighted by atomic mass is 10.0. The second-order valence-electron chi connectivity index (χ2n) is 7.05. The summed E-state index contributed by atoms with van der Waals surface area (Å²) in [5.74, 6) is -0.573. The average Bonchev–Trinajstić information content (AvgIpc) is 3.19. The Morgan fingerprint density at radius 2 is 1.94 bits per heavy atom. The Labute approximate surface area is 179 Å². The minimum Gasteiger partial charge on any atom is -0.494 e. The van der Waals surface area contributed by atoms with E-state index in [0.29, 0.717) is 23.9 Å². The molecule has 0 saturated heterocycles. The van der Waals surface area contributed by atoms with Crippen molar-refractivity contribution in [3.63, 3.8) is 0 Å². The van der Waals surface area contributed by atoms with E-state index in [0.717, 1.165) is 11.1 Å². The molecule has 4 rings (SSSR count). The number of fused-ring (bicyclic) bond motifs is 1. The molecular weight excluding hydrogens is 396 g/mol. The molecule has 2 heterocycles. The SMILES string of the molecule is CCOc1ccccc1[C@@H]1C=C(C(=O)O)Nc2c(C(=O)Nc3ccccc3C)cnn21. The Kier molecular flexibility index (Phi) is 5.44. The number of carbonyl (C=O) groups excluding carboxylic acids is 1. The van der Waals surface area contributed by atoms with Crippen LogP contribution in [0.1, 0.15) is 34.5 Å². The summed E-state index contributed by atoms with van der Waals surface area (Å²) in [6.45, 7) is 4.24. The molecular formula is C23H22N4O4. The van der Waals surface area contributed by atoms with Gasteiger partial charge in [0.1, 0.15) is 28.9 Å². The highest BCUT2D eigenvalue weighted by Gasteiger charge is 2.30. The van der Waals surface area contributed by atoms with Crippen molar-refractivity contribution in [1.82, 2.24) is 9.78 Å². The van der Waals surface area contributed by atoms with E-state index in [2.05, 4.69) is 15.7 Å². The van der Waals surface area contributed by atoms with Crippen LogP contribution in [0.25, 0.3) is 0 Å². The summed E-state index contributed by atoms with van der Waals surface area (Å²) in [7, 11) is 0. The van der Waals surface area contributed by atoms with E-state index in [-0.39, 0.29) is 17.2 Å². The zero-order chi connectivity index (χ0) is 22.0. The maximum atomic E-state index is 13.0. The second-order valence-corrected chi connectivity index (χ2v) is 7.05. The van der Waals surface area contributed by atoms with Crippen molar-refractivity contribution in [2.45, 2.75) is 19.9 Å². The summed E-state index contributed by atoms with van der Waals surface area (Å²) in [6.07, 6.45) is 2.99. The minimum atomic E-state index is -1.13. The molecule has 8 heteroatoms. The first-order chi connectivity index (χ1) is 15.0. The maximum Gasteiger partial charge on any atom is 0.352 e. The highest BCUT2D eigenvalue weighted by Crippen LogP contribution is 2.36. The summed E-state index contributed by atoms with van der Waals surface area (Å²) >= 11 is 0. The molecule has 31 heavy (non-hydrogen) atoms. The van der Waals surface area contributed by atoms with Gasteiger partial charge in [-0.25, -0.2) is 9.48 Å². The Morgan fingerprint density at radius 1 is 1.19 bits per heavy atom. The fourth-order valence-corrected chi connectivity index (χ4v) is 3.52. The molecule has 0 bridgehead atoms. The number of hydrogen-bond acceptors (Lipinski definition) is 5. The third-order valence-electron chi connectivity index (χ3n) is 5.04. The third-order valence-corrected chi connectivity index (χ3v) is 5.04. The van der Waals surface area contributed by atoms with Crippen LogP contribution in [0, 0.1) is 6.92 Å². The van der Waals surface area contributed by atoms with E-state index >= 15 is 0 Å². The van der Waals surface area contributed by atoms with Gasteiger partial charge in [0.15, 0.2) is 0 Å². The van der Waals surface area contributed by atoms with Gasteiger partial charge in [-0.2, -0.15) is 5.10 Å². The first-order valence-electron chi connectivity index (χ1n) is 9.88. The molecule has 8 nitrogen and oxygen atoms in total. The number of amides is 1. The number of benzene rings is 2. The van der Waals surface area contributed by atoms with Crippen LogP contribution in [0.3, 0.4) is 0 Å². The van der Waals surface area contributed by atoms with Gasteiger partial charge >= 0.3 is 5.97 Å². The second kappa shape index (κ2) is 8.35. The summed E-state index contributed by atoms with van der Waals surface area (Å²) < 4.78 is 7.32. The topological polar surface area (TPSA) is 105 Å². The number of para-hydroxylation sites is 2. The van der Waals surface area contributed by atoms with Gasteiger partial charge in [0.25, 0.3) is 5.91 Å². The van der Waals surface area contributed by atoms with Crippen molar-refractivity contribution in [2.75, 3.05) is 17.2 Å². The van der Waals surface area contributed by atoms with E-state index in [1.54, 1.807) is 16.8 Å². The number of carbonyl (C=O) groups is 2. The first kappa shape index (κ1) is 20.2. The molecule has 2 aromatic carbocycles. The Hall–Kier alpha value is -4.07. The molecule has 0 aliphatic carbocycles. The lowest BCUT2D eigenvalue weighted by Gasteiger charge is -2.25. The normalized spacial score (nSPS) is 14.8. The number of ether oxygens (including phenoxy) is 1. The number of carboxylic acid groups (broad SMARTS) is 1. The number of carboxylic acids is 1. The molecule has 3 N–H and O–H groups in total. The molecule has 1 aliphatic rings. The van der Waals surface area contributed by atoms with E-state index in [1.807, 2.05) is 56.3 Å². The molecule has 1 atom stereocenters. The van der Waals surface area contributed by atoms with E-state index in [1.165, 1.54) is 6.20 Å². The molecule has 0 saturated carbocycles. The van der Waals surface area contributed by atoms with Crippen molar-refractivity contribution >= 4 is 23.4 Å². The van der Waals surface area contributed by atoms with Crippen molar-refractivity contribution in [3.8, 4) is 5.75 Å². The molecule has 0 spiro atoms. The van der Waals surface area contributed by atoms with Crippen LogP contribution < -0.4 is 15.4 Å². The summed E-state index contributed by atoms with van der Waals surface area (Å²) in [6, 6.07) is 14.3. The minimum absolute atomic E-state index is 0.0331. The number of nitrogens with zero attached hydrogens (tertiary/aromatic N) is 2. The van der Waals surface area contributed by atoms with Crippen LogP contribution in [0.2, 0.25) is 0 Å². The average molecular weight is 418 g/mol. The van der Waals surface area contributed by atoms with Crippen LogP contribution in [-0.4, -0.2) is 33.4 Å². The van der Waals surface area contributed by atoms with Crippen molar-refractivity contribution in [2.24, 2.45) is 0 Å². The van der Waals surface area contributed by atoms with Crippen LogP contribution in [0.5, 0.6) is 5.75 Å². The number of anilines is 2. The summed E-state index contributed by atoms with van der Waals surface area (Å²) in [4.78, 5) is 24.8. The van der Waals surface area contributed by atoms with Gasteiger partial charge < -0.3 is 20.5 Å². The molecule has 3 aromatic rings. The van der Waals surface area contributed by atoms with Crippen molar-refractivity contribution < 1.29 is 19.4 Å². The van der Waals surface area contributed by atoms with Gasteiger partial charge in [0, 0.05) is 11.3 Å². The lowest BCUT2D eigenvalue weighted by molar-refractivity contribution is -0.132. The van der Waals surface area contributed by atoms with Gasteiger partial charge in [-0.05, 0) is 37.6 Å². The number of aliphatic carboxylic acids is 1. The monoisotopic (exact) mass is 418 g/mol. The largest absolute Gasteiger partial charge is 0.494 e. The van der Waals surface area contributed by atoms with Crippen molar-refractivity contribution in [1.29, 1.82) is 0 Å². The quantitative estimate of drug-likeness (QED) is 0.562. The highest BCUT2D eigenvalue weighted by molar-refractivity contribution is 6.08. The molecule has 0 unspecified atom stereocenters. The van der Waals surface area contributed by atoms with Crippen LogP contribution >= 0.6 is 0 Å². The van der Waals surface area contributed by atoms with E-state index in [4.69, 9.17) is 4.74 Å². The number of allylic oxidation sites excluding steroid dienone is 1. The highest BCUT2D eigenvalue weighted by atomic mass is 16.5. The van der Waals surface area contributed by atoms with Gasteiger partial charge in [0.05, 0.1) is 12.8 Å². The fourth-order valence-electron chi connectivity index (χ4n) is 3.52. The third kappa shape index (κ3) is 3.87. The predicted molar refractivity (Wildman–Crippen MR) is 116 cm³/mol. The Balaban J connectivity index is 1.76. The number of rotatable bonds is 6. The number of nitrogens with one attached hydrogen (secondary N) is 2. The molecule has 1 amide bonds. The number of aryl methyl sites for hydroxylation is 1.